The van der Waals surface area contributed by atoms with Crippen LogP contribution in [-0.2, 0) is 5.41 Å². The van der Waals surface area contributed by atoms with Gasteiger partial charge in [-0.05, 0) is 43.4 Å². The molecule has 0 unspecified atom stereocenters. The lowest BCUT2D eigenvalue weighted by molar-refractivity contribution is 0.0936. The average molecular weight is 405 g/mol. The SMILES string of the molecule is CN=C(NC#N)NC1CCC(CNC(=O)c2ccccc2N)(c2ccccc2)CC1. The standard InChI is InChI=1S/C23H28N6O/c1-26-22(28-16-24)29-18-11-13-23(14-12-18,17-7-3-2-4-8-17)15-27-21(30)19-9-5-6-10-20(19)25/h2-10,18H,11-15,25H2,1H3,(H,27,30)(H2,26,28,29). The van der Waals surface area contributed by atoms with Gasteiger partial charge in [0.25, 0.3) is 5.91 Å². The number of nitriles is 1. The predicted octanol–water partition coefficient (Wildman–Crippen LogP) is 2.53. The fraction of sp³-hybridized carbons (Fsp3) is 0.348. The molecule has 0 atom stereocenters. The van der Waals surface area contributed by atoms with E-state index in [0.717, 1.165) is 25.7 Å². The molecule has 156 valence electrons. The summed E-state index contributed by atoms with van der Waals surface area (Å²) >= 11 is 0. The van der Waals surface area contributed by atoms with Crippen LogP contribution in [0.15, 0.2) is 59.6 Å². The Morgan fingerprint density at radius 2 is 1.83 bits per heavy atom. The third kappa shape index (κ3) is 4.90. The Bertz CT molecular complexity index is 926. The van der Waals surface area contributed by atoms with E-state index in [1.54, 1.807) is 19.2 Å². The van der Waals surface area contributed by atoms with Gasteiger partial charge in [-0.25, -0.2) is 0 Å². The first-order chi connectivity index (χ1) is 14.6. The van der Waals surface area contributed by atoms with Gasteiger partial charge in [0.05, 0.1) is 5.56 Å². The van der Waals surface area contributed by atoms with Crippen molar-refractivity contribution in [3.8, 4) is 6.19 Å². The van der Waals surface area contributed by atoms with Gasteiger partial charge in [0.15, 0.2) is 6.19 Å². The molecule has 0 spiro atoms. The summed E-state index contributed by atoms with van der Waals surface area (Å²) in [5.41, 5.74) is 8.03. The van der Waals surface area contributed by atoms with Crippen LogP contribution >= 0.6 is 0 Å². The fourth-order valence-corrected chi connectivity index (χ4v) is 4.13. The number of para-hydroxylation sites is 1. The number of hydrogen-bond donors (Lipinski definition) is 4. The largest absolute Gasteiger partial charge is 0.398 e. The van der Waals surface area contributed by atoms with Crippen molar-refractivity contribution in [1.29, 1.82) is 5.26 Å². The molecule has 7 nitrogen and oxygen atoms in total. The molecule has 0 aromatic heterocycles. The van der Waals surface area contributed by atoms with Crippen LogP contribution in [0.1, 0.15) is 41.6 Å². The second-order valence-electron chi connectivity index (χ2n) is 7.64. The van der Waals surface area contributed by atoms with Crippen LogP contribution in [0.4, 0.5) is 5.69 Å². The van der Waals surface area contributed by atoms with Crippen molar-refractivity contribution in [3.63, 3.8) is 0 Å². The van der Waals surface area contributed by atoms with Crippen molar-refractivity contribution in [2.45, 2.75) is 37.1 Å². The van der Waals surface area contributed by atoms with E-state index in [4.69, 9.17) is 11.0 Å². The van der Waals surface area contributed by atoms with Crippen LogP contribution < -0.4 is 21.7 Å². The molecule has 0 aliphatic heterocycles. The molecule has 0 radical (unpaired) electrons. The Balaban J connectivity index is 1.72. The Labute approximate surface area is 177 Å². The van der Waals surface area contributed by atoms with E-state index in [-0.39, 0.29) is 17.4 Å². The van der Waals surface area contributed by atoms with Crippen LogP contribution in [0.5, 0.6) is 0 Å². The molecule has 2 aromatic carbocycles. The molecule has 1 aliphatic rings. The smallest absolute Gasteiger partial charge is 0.253 e. The molecule has 5 N–H and O–H groups in total. The van der Waals surface area contributed by atoms with Crippen LogP contribution in [0.25, 0.3) is 0 Å². The third-order valence-corrected chi connectivity index (χ3v) is 5.86. The van der Waals surface area contributed by atoms with Gasteiger partial charge in [-0.15, -0.1) is 0 Å². The van der Waals surface area contributed by atoms with Crippen molar-refractivity contribution in [1.82, 2.24) is 16.0 Å². The van der Waals surface area contributed by atoms with E-state index in [1.165, 1.54) is 5.56 Å². The Kier molecular flexibility index (Phi) is 6.91. The lowest BCUT2D eigenvalue weighted by Gasteiger charge is -2.41. The molecular weight excluding hydrogens is 376 g/mol. The Morgan fingerprint density at radius 1 is 1.17 bits per heavy atom. The maximum Gasteiger partial charge on any atom is 0.253 e. The van der Waals surface area contributed by atoms with Crippen molar-refractivity contribution in [2.75, 3.05) is 19.3 Å². The minimum Gasteiger partial charge on any atom is -0.398 e. The molecule has 1 saturated carbocycles. The summed E-state index contributed by atoms with van der Waals surface area (Å²) in [5.74, 6) is 0.338. The summed E-state index contributed by atoms with van der Waals surface area (Å²) in [5, 5.41) is 17.8. The van der Waals surface area contributed by atoms with Gasteiger partial charge >= 0.3 is 0 Å². The zero-order valence-electron chi connectivity index (χ0n) is 17.2. The molecule has 1 aliphatic carbocycles. The fourth-order valence-electron chi connectivity index (χ4n) is 4.13. The first-order valence-electron chi connectivity index (χ1n) is 10.1. The third-order valence-electron chi connectivity index (χ3n) is 5.86. The monoisotopic (exact) mass is 404 g/mol. The topological polar surface area (TPSA) is 115 Å². The van der Waals surface area contributed by atoms with Crippen molar-refractivity contribution < 1.29 is 4.79 Å². The van der Waals surface area contributed by atoms with E-state index in [0.29, 0.717) is 23.8 Å². The molecule has 3 rings (SSSR count). The number of carbonyl (C=O) groups excluding carboxylic acids is 1. The van der Waals surface area contributed by atoms with Gasteiger partial charge < -0.3 is 16.4 Å². The Morgan fingerprint density at radius 3 is 2.47 bits per heavy atom. The Hall–Kier alpha value is -3.53. The minimum atomic E-state index is -0.151. The zero-order chi connectivity index (χ0) is 21.4. The highest BCUT2D eigenvalue weighted by Gasteiger charge is 2.37. The summed E-state index contributed by atoms with van der Waals surface area (Å²) in [6.07, 6.45) is 5.53. The number of guanidine groups is 1. The van der Waals surface area contributed by atoms with Crippen LogP contribution in [-0.4, -0.2) is 31.5 Å². The molecule has 0 heterocycles. The van der Waals surface area contributed by atoms with Crippen molar-refractivity contribution in [3.05, 3.63) is 65.7 Å². The van der Waals surface area contributed by atoms with Crippen LogP contribution in [0, 0.1) is 11.5 Å². The summed E-state index contributed by atoms with van der Waals surface area (Å²) in [4.78, 5) is 16.8. The number of anilines is 1. The number of nitrogens with zero attached hydrogens (tertiary/aromatic N) is 2. The van der Waals surface area contributed by atoms with E-state index in [1.807, 2.05) is 36.5 Å². The van der Waals surface area contributed by atoms with Crippen molar-refractivity contribution >= 4 is 17.6 Å². The lowest BCUT2D eigenvalue weighted by Crippen LogP contribution is -2.49. The number of nitrogen functional groups attached to an aromatic ring is 1. The molecule has 0 saturated heterocycles. The number of nitrogens with one attached hydrogen (secondary N) is 3. The van der Waals surface area contributed by atoms with Gasteiger partial charge in [-0.2, -0.15) is 5.26 Å². The zero-order valence-corrected chi connectivity index (χ0v) is 17.2. The number of amides is 1. The lowest BCUT2D eigenvalue weighted by atomic mass is 9.68. The highest BCUT2D eigenvalue weighted by molar-refractivity contribution is 5.99. The van der Waals surface area contributed by atoms with Gasteiger partial charge in [0.2, 0.25) is 5.96 Å². The van der Waals surface area contributed by atoms with Crippen LogP contribution in [0.3, 0.4) is 0 Å². The summed E-state index contributed by atoms with van der Waals surface area (Å²) < 4.78 is 0. The summed E-state index contributed by atoms with van der Waals surface area (Å²) in [6.45, 7) is 0.544. The molecule has 1 fully saturated rings. The normalized spacial score (nSPS) is 21.3. The van der Waals surface area contributed by atoms with E-state index >= 15 is 0 Å². The molecule has 0 bridgehead atoms. The second-order valence-corrected chi connectivity index (χ2v) is 7.64. The van der Waals surface area contributed by atoms with Gasteiger partial charge in [-0.1, -0.05) is 42.5 Å². The average Bonchev–Trinajstić information content (AvgIpc) is 2.79. The minimum absolute atomic E-state index is 0.148. The molecular formula is C23H28N6O. The maximum atomic E-state index is 12.7. The van der Waals surface area contributed by atoms with Gasteiger partial charge in [0, 0.05) is 30.7 Å². The first kappa shape index (κ1) is 21.2. The van der Waals surface area contributed by atoms with Crippen LogP contribution in [0.2, 0.25) is 0 Å². The maximum absolute atomic E-state index is 12.7. The summed E-state index contributed by atoms with van der Waals surface area (Å²) in [6, 6.07) is 17.7. The molecule has 7 heteroatoms. The van der Waals surface area contributed by atoms with Crippen molar-refractivity contribution in [2.24, 2.45) is 4.99 Å². The number of carbonyl (C=O) groups is 1. The number of nitrogens with two attached hydrogens (primary N) is 1. The molecule has 30 heavy (non-hydrogen) atoms. The van der Waals surface area contributed by atoms with Gasteiger partial charge in [-0.3, -0.25) is 15.1 Å². The van der Waals surface area contributed by atoms with E-state index in [2.05, 4.69) is 33.1 Å². The number of rotatable bonds is 5. The van der Waals surface area contributed by atoms with E-state index < -0.39 is 0 Å². The summed E-state index contributed by atoms with van der Waals surface area (Å²) in [7, 11) is 1.65. The first-order valence-corrected chi connectivity index (χ1v) is 10.1. The second kappa shape index (κ2) is 9.79. The number of hydrogen-bond acceptors (Lipinski definition) is 4. The highest BCUT2D eigenvalue weighted by atomic mass is 16.1. The quantitative estimate of drug-likeness (QED) is 0.201. The van der Waals surface area contributed by atoms with E-state index in [9.17, 15) is 4.79 Å². The molecule has 2 aromatic rings. The highest BCUT2D eigenvalue weighted by Crippen LogP contribution is 2.39. The number of benzene rings is 2. The number of aliphatic imine (C=N–C) groups is 1. The predicted molar refractivity (Wildman–Crippen MR) is 119 cm³/mol. The van der Waals surface area contributed by atoms with Gasteiger partial charge in [0.1, 0.15) is 0 Å². The molecule has 1 amide bonds.